The van der Waals surface area contributed by atoms with Gasteiger partial charge in [0.2, 0.25) is 0 Å². The number of esters is 1. The molecule has 2 fully saturated rings. The zero-order chi connectivity index (χ0) is 30.7. The topological polar surface area (TPSA) is 134 Å². The first kappa shape index (κ1) is 28.9. The molecule has 0 bridgehead atoms. The highest BCUT2D eigenvalue weighted by atomic mass is 16.6. The van der Waals surface area contributed by atoms with E-state index in [1.54, 1.807) is 35.8 Å². The van der Waals surface area contributed by atoms with Crippen molar-refractivity contribution < 1.29 is 29.3 Å². The summed E-state index contributed by atoms with van der Waals surface area (Å²) in [5.74, 6) is -0.395. The number of carbonyl (C=O) groups excluding carboxylic acids is 2. The lowest BCUT2D eigenvalue weighted by molar-refractivity contribution is -0.172. The quantitative estimate of drug-likeness (QED) is 0.337. The third-order valence-corrected chi connectivity index (χ3v) is 10.0. The van der Waals surface area contributed by atoms with Crippen molar-refractivity contribution in [2.45, 2.75) is 89.8 Å². The third-order valence-electron chi connectivity index (χ3n) is 10.0. The molecule has 2 aromatic heterocycles. The number of likely N-dealkylation sites (tertiary alicyclic amines) is 2. The molecule has 4 aliphatic heterocycles. The first-order chi connectivity index (χ1) is 21.2. The second kappa shape index (κ2) is 11.0. The first-order valence-corrected chi connectivity index (χ1v) is 15.8. The summed E-state index contributed by atoms with van der Waals surface area (Å²) in [6, 6.07) is 7.26. The highest BCUT2D eigenvalue weighted by molar-refractivity contribution is 5.90. The Balaban J connectivity index is 1.17. The van der Waals surface area contributed by atoms with Crippen molar-refractivity contribution in [2.75, 3.05) is 19.6 Å². The molecule has 1 amide bonds. The highest BCUT2D eigenvalue weighted by Crippen LogP contribution is 2.41. The fraction of sp³-hybridized carbons (Fsp3) is 0.515. The maximum Gasteiger partial charge on any atom is 0.417 e. The molecule has 44 heavy (non-hydrogen) atoms. The summed E-state index contributed by atoms with van der Waals surface area (Å²) >= 11 is 0. The van der Waals surface area contributed by atoms with E-state index >= 15 is 0 Å². The van der Waals surface area contributed by atoms with Gasteiger partial charge in [0.1, 0.15) is 18.6 Å². The second-order valence-corrected chi connectivity index (χ2v) is 12.4. The molecule has 2 saturated heterocycles. The minimum Gasteiger partial charge on any atom is -0.458 e. The van der Waals surface area contributed by atoms with Gasteiger partial charge in [0.25, 0.3) is 5.56 Å². The number of fused-ring (bicyclic) bond motifs is 5. The van der Waals surface area contributed by atoms with Crippen molar-refractivity contribution in [2.24, 2.45) is 0 Å². The number of aliphatic hydroxyl groups excluding tert-OH is 1. The summed E-state index contributed by atoms with van der Waals surface area (Å²) in [7, 11) is 0. The van der Waals surface area contributed by atoms with Gasteiger partial charge in [-0.2, -0.15) is 0 Å². The van der Waals surface area contributed by atoms with Crippen LogP contribution in [0.4, 0.5) is 4.79 Å². The van der Waals surface area contributed by atoms with E-state index < -0.39 is 23.9 Å². The van der Waals surface area contributed by atoms with Crippen molar-refractivity contribution in [3.05, 3.63) is 56.9 Å². The molecular weight excluding hydrogens is 564 g/mol. The lowest BCUT2D eigenvalue weighted by atomic mass is 9.86. The Bertz CT molecular complexity index is 1730. The number of amides is 1. The number of nitrogens with zero attached hydrogens (tertiary/aromatic N) is 4. The minimum atomic E-state index is -1.88. The van der Waals surface area contributed by atoms with Gasteiger partial charge in [0, 0.05) is 35.5 Å². The fourth-order valence-corrected chi connectivity index (χ4v) is 7.52. The Hall–Kier alpha value is -3.80. The third kappa shape index (κ3) is 4.52. The molecule has 2 N–H and O–H groups in total. The largest absolute Gasteiger partial charge is 0.458 e. The van der Waals surface area contributed by atoms with E-state index in [4.69, 9.17) is 14.5 Å². The van der Waals surface area contributed by atoms with Crippen molar-refractivity contribution in [3.63, 3.8) is 0 Å². The molecule has 6 heterocycles. The molecule has 3 aromatic rings. The standard InChI is InChI=1S/C33H38N4O7/c1-3-21-22-15-20(44-32(41)36-13-10-19(14-28(36)38)35-11-6-5-7-12-35)8-9-26(22)34-29-23(21)17-37-27(29)16-25-24(30(37)39)18-43-31(40)33(25,42)4-2/h8-9,15-16,19,28,38,42H,3-7,10-14,17-18H2,1-2H3/t19-,28+,33+/m1/s1. The maximum atomic E-state index is 13.6. The fourth-order valence-electron chi connectivity index (χ4n) is 7.52. The van der Waals surface area contributed by atoms with Gasteiger partial charge in [-0.15, -0.1) is 0 Å². The molecule has 0 radical (unpaired) electrons. The number of hydrogen-bond donors (Lipinski definition) is 2. The van der Waals surface area contributed by atoms with Crippen LogP contribution in [0, 0.1) is 0 Å². The van der Waals surface area contributed by atoms with Crippen LogP contribution < -0.4 is 10.3 Å². The number of aromatic nitrogens is 2. The van der Waals surface area contributed by atoms with Crippen LogP contribution in [0.25, 0.3) is 22.3 Å². The summed E-state index contributed by atoms with van der Waals surface area (Å²) < 4.78 is 12.6. The van der Waals surface area contributed by atoms with Crippen molar-refractivity contribution in [3.8, 4) is 17.1 Å². The lowest BCUT2D eigenvalue weighted by Gasteiger charge is -2.42. The van der Waals surface area contributed by atoms with Crippen LogP contribution in [0.5, 0.6) is 5.75 Å². The Morgan fingerprint density at radius 1 is 1.11 bits per heavy atom. The Morgan fingerprint density at radius 2 is 1.91 bits per heavy atom. The molecule has 11 heteroatoms. The zero-order valence-corrected chi connectivity index (χ0v) is 25.2. The summed E-state index contributed by atoms with van der Waals surface area (Å²) in [4.78, 5) is 48.0. The number of aryl methyl sites for hydroxylation is 1. The molecule has 0 spiro atoms. The normalized spacial score (nSPS) is 24.9. The number of benzene rings is 1. The van der Waals surface area contributed by atoms with Crippen molar-refractivity contribution in [1.82, 2.24) is 19.4 Å². The number of aliphatic hydroxyl groups is 2. The molecule has 11 nitrogen and oxygen atoms in total. The summed E-state index contributed by atoms with van der Waals surface area (Å²) in [5, 5.41) is 22.8. The first-order valence-electron chi connectivity index (χ1n) is 15.8. The monoisotopic (exact) mass is 602 g/mol. The van der Waals surface area contributed by atoms with E-state index in [2.05, 4.69) is 4.90 Å². The van der Waals surface area contributed by atoms with Crippen LogP contribution in [0.2, 0.25) is 0 Å². The van der Waals surface area contributed by atoms with Gasteiger partial charge in [0.05, 0.1) is 29.0 Å². The van der Waals surface area contributed by atoms with Crippen LogP contribution in [0.15, 0.2) is 29.1 Å². The van der Waals surface area contributed by atoms with Crippen LogP contribution in [0.3, 0.4) is 0 Å². The second-order valence-electron chi connectivity index (χ2n) is 12.4. The number of cyclic esters (lactones) is 1. The number of piperidine rings is 2. The van der Waals surface area contributed by atoms with Gasteiger partial charge < -0.3 is 29.2 Å². The van der Waals surface area contributed by atoms with Gasteiger partial charge in [-0.1, -0.05) is 20.3 Å². The van der Waals surface area contributed by atoms with Crippen molar-refractivity contribution >= 4 is 23.0 Å². The predicted octanol–water partition coefficient (Wildman–Crippen LogP) is 3.41. The van der Waals surface area contributed by atoms with Gasteiger partial charge in [-0.05, 0) is 75.0 Å². The number of pyridine rings is 2. The van der Waals surface area contributed by atoms with E-state index in [9.17, 15) is 24.6 Å². The summed E-state index contributed by atoms with van der Waals surface area (Å²) in [6.07, 6.45) is 4.19. The number of hydrogen-bond acceptors (Lipinski definition) is 9. The number of rotatable bonds is 4. The highest BCUT2D eigenvalue weighted by Gasteiger charge is 2.45. The Morgan fingerprint density at radius 3 is 2.64 bits per heavy atom. The molecule has 0 aliphatic carbocycles. The van der Waals surface area contributed by atoms with E-state index in [0.717, 1.165) is 36.0 Å². The molecule has 7 rings (SSSR count). The Labute approximate surface area is 255 Å². The molecule has 3 atom stereocenters. The average Bonchev–Trinajstić information content (AvgIpc) is 3.40. The smallest absolute Gasteiger partial charge is 0.417 e. The predicted molar refractivity (Wildman–Crippen MR) is 161 cm³/mol. The molecule has 4 aliphatic rings. The van der Waals surface area contributed by atoms with Gasteiger partial charge >= 0.3 is 12.1 Å². The van der Waals surface area contributed by atoms with E-state index in [-0.39, 0.29) is 35.8 Å². The van der Waals surface area contributed by atoms with Crippen LogP contribution in [0.1, 0.15) is 74.6 Å². The number of carbonyl (C=O) groups is 2. The SMILES string of the molecule is CCc1c2c(nc3ccc(OC(=O)N4CC[C@@H](N5CCCCC5)C[C@@H]4O)cc13)-c1cc3c(c(=O)n1C2)COC(=O)[C@]3(O)CC. The molecule has 232 valence electrons. The molecule has 0 unspecified atom stereocenters. The minimum absolute atomic E-state index is 0.0783. The van der Waals surface area contributed by atoms with Gasteiger partial charge in [-0.25, -0.2) is 14.6 Å². The maximum absolute atomic E-state index is 13.6. The molecule has 1 aromatic carbocycles. The zero-order valence-electron chi connectivity index (χ0n) is 25.2. The van der Waals surface area contributed by atoms with E-state index in [1.165, 1.54) is 24.2 Å². The number of ether oxygens (including phenoxy) is 2. The van der Waals surface area contributed by atoms with Crippen LogP contribution in [-0.4, -0.2) is 73.5 Å². The van der Waals surface area contributed by atoms with Gasteiger partial charge in [-0.3, -0.25) is 9.69 Å². The average molecular weight is 603 g/mol. The summed E-state index contributed by atoms with van der Waals surface area (Å²) in [5.41, 5.74) is 2.09. The van der Waals surface area contributed by atoms with E-state index in [0.29, 0.717) is 48.6 Å². The van der Waals surface area contributed by atoms with Crippen molar-refractivity contribution in [1.29, 1.82) is 0 Å². The van der Waals surface area contributed by atoms with Crippen LogP contribution >= 0.6 is 0 Å². The van der Waals surface area contributed by atoms with Gasteiger partial charge in [0.15, 0.2) is 5.60 Å². The van der Waals surface area contributed by atoms with E-state index in [1.807, 2.05) is 6.92 Å². The molecular formula is C33H38N4O7. The lowest BCUT2D eigenvalue weighted by Crippen LogP contribution is -2.53. The molecule has 0 saturated carbocycles. The Kier molecular flexibility index (Phi) is 7.22. The van der Waals surface area contributed by atoms with Crippen LogP contribution in [-0.2, 0) is 34.7 Å². The summed E-state index contributed by atoms with van der Waals surface area (Å²) in [6.45, 7) is 6.35.